The summed E-state index contributed by atoms with van der Waals surface area (Å²) >= 11 is 0. The molecule has 0 saturated heterocycles. The molecule has 0 aliphatic rings. The molecule has 1 unspecified atom stereocenters. The number of hydrogen-bond acceptors (Lipinski definition) is 6. The number of H-pyrrole nitrogens is 1. The Bertz CT molecular complexity index is 1230. The smallest absolute Gasteiger partial charge is 0.233 e. The van der Waals surface area contributed by atoms with Crippen LogP contribution in [-0.4, -0.2) is 25.1 Å². The summed E-state index contributed by atoms with van der Waals surface area (Å²) < 4.78 is 40.6. The van der Waals surface area contributed by atoms with Crippen molar-refractivity contribution in [3.63, 3.8) is 0 Å². The summed E-state index contributed by atoms with van der Waals surface area (Å²) in [5.74, 6) is -0.373. The number of nitrogens with one attached hydrogen (secondary N) is 3. The quantitative estimate of drug-likeness (QED) is 0.407. The Morgan fingerprint density at radius 2 is 1.68 bits per heavy atom. The predicted octanol–water partition coefficient (Wildman–Crippen LogP) is 4.90. The first-order valence-corrected chi connectivity index (χ1v) is 9.40. The van der Waals surface area contributed by atoms with Crippen LogP contribution in [0.25, 0.3) is 11.3 Å². The number of aromatic nitrogens is 5. The molecule has 2 heterocycles. The highest BCUT2D eigenvalue weighted by Crippen LogP contribution is 2.23. The minimum Gasteiger partial charge on any atom is -0.347 e. The maximum atomic E-state index is 14.0. The third-order valence-electron chi connectivity index (χ3n) is 4.48. The van der Waals surface area contributed by atoms with E-state index in [1.165, 1.54) is 24.3 Å². The van der Waals surface area contributed by atoms with E-state index in [-0.39, 0.29) is 23.3 Å². The third-order valence-corrected chi connectivity index (χ3v) is 4.48. The van der Waals surface area contributed by atoms with Gasteiger partial charge in [-0.25, -0.2) is 13.2 Å². The van der Waals surface area contributed by atoms with Crippen LogP contribution in [0.4, 0.5) is 30.9 Å². The van der Waals surface area contributed by atoms with Crippen LogP contribution in [0.3, 0.4) is 0 Å². The molecule has 0 aliphatic heterocycles. The van der Waals surface area contributed by atoms with E-state index in [2.05, 4.69) is 35.8 Å². The lowest BCUT2D eigenvalue weighted by atomic mass is 10.1. The molecule has 2 aromatic carbocycles. The average molecular weight is 425 g/mol. The van der Waals surface area contributed by atoms with Crippen molar-refractivity contribution in [1.82, 2.24) is 25.1 Å². The average Bonchev–Trinajstić information content (AvgIpc) is 3.16. The van der Waals surface area contributed by atoms with E-state index < -0.39 is 17.7 Å². The Labute approximate surface area is 175 Å². The highest BCUT2D eigenvalue weighted by molar-refractivity contribution is 5.64. The van der Waals surface area contributed by atoms with Crippen LogP contribution in [0.15, 0.2) is 48.5 Å². The number of hydrogen-bond donors (Lipinski definition) is 3. The summed E-state index contributed by atoms with van der Waals surface area (Å²) in [6.45, 7) is 3.39. The second-order valence-electron chi connectivity index (χ2n) is 6.86. The van der Waals surface area contributed by atoms with Crippen molar-refractivity contribution in [2.45, 2.75) is 19.9 Å². The van der Waals surface area contributed by atoms with Gasteiger partial charge in [-0.1, -0.05) is 18.2 Å². The summed E-state index contributed by atoms with van der Waals surface area (Å²) in [7, 11) is 0. The maximum absolute atomic E-state index is 14.0. The normalized spacial score (nSPS) is 11.9. The van der Waals surface area contributed by atoms with Gasteiger partial charge in [0.25, 0.3) is 0 Å². The van der Waals surface area contributed by atoms with Crippen LogP contribution < -0.4 is 10.6 Å². The molecule has 3 N–H and O–H groups in total. The van der Waals surface area contributed by atoms with E-state index in [9.17, 15) is 13.2 Å². The van der Waals surface area contributed by atoms with Crippen LogP contribution in [0, 0.1) is 24.4 Å². The minimum atomic E-state index is -0.662. The van der Waals surface area contributed by atoms with Gasteiger partial charge in [0.15, 0.2) is 5.82 Å². The third kappa shape index (κ3) is 4.80. The summed E-state index contributed by atoms with van der Waals surface area (Å²) in [4.78, 5) is 12.7. The second-order valence-corrected chi connectivity index (χ2v) is 6.86. The number of anilines is 3. The van der Waals surface area contributed by atoms with Gasteiger partial charge in [-0.05, 0) is 32.0 Å². The number of aromatic amines is 1. The van der Waals surface area contributed by atoms with Gasteiger partial charge in [0.1, 0.15) is 23.3 Å². The molecule has 0 amide bonds. The standard InChI is InChI=1S/C21H18F3N7/c1-11(16-7-6-15(23)9-17(16)24)25-20-26-12(2)27-21(29-20)28-19-10-18(30-31-19)13-4-3-5-14(22)8-13/h3-11H,1-2H3,(H3,25,26,27,28,29,30,31). The van der Waals surface area contributed by atoms with Crippen LogP contribution in [0.5, 0.6) is 0 Å². The van der Waals surface area contributed by atoms with Crippen molar-refractivity contribution in [3.8, 4) is 11.3 Å². The molecular formula is C21H18F3N7. The van der Waals surface area contributed by atoms with Gasteiger partial charge in [0, 0.05) is 23.3 Å². The van der Waals surface area contributed by atoms with Crippen LogP contribution in [0.1, 0.15) is 24.4 Å². The molecule has 10 heteroatoms. The number of aryl methyl sites for hydroxylation is 1. The topological polar surface area (TPSA) is 91.4 Å². The molecule has 0 aliphatic carbocycles. The summed E-state index contributed by atoms with van der Waals surface area (Å²) in [5, 5.41) is 12.9. The zero-order valence-corrected chi connectivity index (χ0v) is 16.6. The lowest BCUT2D eigenvalue weighted by Crippen LogP contribution is -2.13. The molecule has 0 radical (unpaired) electrons. The predicted molar refractivity (Wildman–Crippen MR) is 110 cm³/mol. The summed E-state index contributed by atoms with van der Waals surface area (Å²) in [6, 6.07) is 10.7. The van der Waals surface area contributed by atoms with Crippen molar-refractivity contribution >= 4 is 17.7 Å². The van der Waals surface area contributed by atoms with Crippen molar-refractivity contribution in [2.24, 2.45) is 0 Å². The van der Waals surface area contributed by atoms with Crippen molar-refractivity contribution in [3.05, 3.63) is 77.4 Å². The highest BCUT2D eigenvalue weighted by atomic mass is 19.1. The first kappa shape index (κ1) is 20.3. The Kier molecular flexibility index (Phi) is 5.52. The Hall–Kier alpha value is -3.95. The fourth-order valence-electron chi connectivity index (χ4n) is 3.03. The van der Waals surface area contributed by atoms with E-state index in [1.807, 2.05) is 0 Å². The molecule has 31 heavy (non-hydrogen) atoms. The first-order chi connectivity index (χ1) is 14.9. The molecule has 158 valence electrons. The fraction of sp³-hybridized carbons (Fsp3) is 0.143. The van der Waals surface area contributed by atoms with Crippen molar-refractivity contribution in [1.29, 1.82) is 0 Å². The molecular weight excluding hydrogens is 407 g/mol. The van der Waals surface area contributed by atoms with Crippen molar-refractivity contribution in [2.75, 3.05) is 10.6 Å². The number of nitrogens with zero attached hydrogens (tertiary/aromatic N) is 4. The molecule has 1 atom stereocenters. The van der Waals surface area contributed by atoms with E-state index in [4.69, 9.17) is 0 Å². The SMILES string of the molecule is Cc1nc(Nc2cc(-c3cccc(F)c3)[nH]n2)nc(NC(C)c2ccc(F)cc2F)n1. The lowest BCUT2D eigenvalue weighted by molar-refractivity contribution is 0.566. The molecule has 0 fully saturated rings. The zero-order chi connectivity index (χ0) is 22.0. The van der Waals surface area contributed by atoms with Crippen LogP contribution in [0.2, 0.25) is 0 Å². The number of halogens is 3. The van der Waals surface area contributed by atoms with Gasteiger partial charge in [-0.2, -0.15) is 20.1 Å². The van der Waals surface area contributed by atoms with Gasteiger partial charge in [-0.3, -0.25) is 5.10 Å². The van der Waals surface area contributed by atoms with Crippen LogP contribution >= 0.6 is 0 Å². The number of rotatable bonds is 6. The minimum absolute atomic E-state index is 0.215. The fourth-order valence-corrected chi connectivity index (χ4v) is 3.03. The van der Waals surface area contributed by atoms with Crippen LogP contribution in [-0.2, 0) is 0 Å². The van der Waals surface area contributed by atoms with E-state index in [0.717, 1.165) is 6.07 Å². The van der Waals surface area contributed by atoms with Gasteiger partial charge in [-0.15, -0.1) is 0 Å². The molecule has 0 saturated carbocycles. The van der Waals surface area contributed by atoms with Crippen molar-refractivity contribution < 1.29 is 13.2 Å². The molecule has 2 aromatic heterocycles. The molecule has 0 spiro atoms. The Balaban J connectivity index is 1.52. The van der Waals surface area contributed by atoms with E-state index in [1.54, 1.807) is 32.0 Å². The summed E-state index contributed by atoms with van der Waals surface area (Å²) in [6.07, 6.45) is 0. The van der Waals surface area contributed by atoms with Gasteiger partial charge >= 0.3 is 0 Å². The van der Waals surface area contributed by atoms with Gasteiger partial charge in [0.2, 0.25) is 11.9 Å². The summed E-state index contributed by atoms with van der Waals surface area (Å²) in [5.41, 5.74) is 1.54. The van der Waals surface area contributed by atoms with Gasteiger partial charge in [0.05, 0.1) is 11.7 Å². The van der Waals surface area contributed by atoms with E-state index in [0.29, 0.717) is 22.9 Å². The Morgan fingerprint density at radius 3 is 2.45 bits per heavy atom. The maximum Gasteiger partial charge on any atom is 0.233 e. The molecule has 0 bridgehead atoms. The van der Waals surface area contributed by atoms with Gasteiger partial charge < -0.3 is 10.6 Å². The molecule has 4 aromatic rings. The monoisotopic (exact) mass is 425 g/mol. The largest absolute Gasteiger partial charge is 0.347 e. The second kappa shape index (κ2) is 8.42. The highest BCUT2D eigenvalue weighted by Gasteiger charge is 2.14. The first-order valence-electron chi connectivity index (χ1n) is 9.40. The Morgan fingerprint density at radius 1 is 0.903 bits per heavy atom. The zero-order valence-electron chi connectivity index (χ0n) is 16.6. The van der Waals surface area contributed by atoms with E-state index >= 15 is 0 Å². The molecule has 4 rings (SSSR count). The molecule has 7 nitrogen and oxygen atoms in total. The lowest BCUT2D eigenvalue weighted by Gasteiger charge is -2.15. The number of benzene rings is 2.